The third-order valence-corrected chi connectivity index (χ3v) is 6.34. The molecule has 0 aromatic heterocycles. The minimum Gasteiger partial charge on any atom is -0.484 e. The third-order valence-electron chi connectivity index (χ3n) is 4.82. The molecule has 3 rings (SSSR count). The van der Waals surface area contributed by atoms with Gasteiger partial charge < -0.3 is 15.4 Å². The Labute approximate surface area is 190 Å². The number of hydrogen-bond donors (Lipinski definition) is 2. The highest BCUT2D eigenvalue weighted by atomic mass is 35.5. The van der Waals surface area contributed by atoms with Gasteiger partial charge in [0.15, 0.2) is 6.61 Å². The van der Waals surface area contributed by atoms with Crippen LogP contribution in [0.3, 0.4) is 0 Å². The van der Waals surface area contributed by atoms with E-state index in [2.05, 4.69) is 10.6 Å². The lowest BCUT2D eigenvalue weighted by atomic mass is 9.91. The maximum Gasteiger partial charge on any atom is 0.258 e. The second-order valence-corrected chi connectivity index (χ2v) is 9.09. The highest BCUT2D eigenvalue weighted by molar-refractivity contribution is 8.00. The number of nitrogens with one attached hydrogen (secondary N) is 2. The summed E-state index contributed by atoms with van der Waals surface area (Å²) in [5, 5.41) is 7.41. The Kier molecular flexibility index (Phi) is 8.73. The van der Waals surface area contributed by atoms with Crippen molar-refractivity contribution in [2.45, 2.75) is 42.7 Å². The summed E-state index contributed by atoms with van der Waals surface area (Å²) >= 11 is 13.2. The molecule has 2 amide bonds. The predicted octanol–water partition coefficient (Wildman–Crippen LogP) is 4.71. The van der Waals surface area contributed by atoms with E-state index in [0.717, 1.165) is 30.6 Å². The van der Waals surface area contributed by atoms with Gasteiger partial charge in [0.2, 0.25) is 5.91 Å². The van der Waals surface area contributed by atoms with Crippen LogP contribution in [0, 0.1) is 0 Å². The molecule has 160 valence electrons. The fourth-order valence-corrected chi connectivity index (χ4v) is 4.24. The van der Waals surface area contributed by atoms with Crippen molar-refractivity contribution in [1.29, 1.82) is 0 Å². The number of rotatable bonds is 8. The molecule has 8 heteroatoms. The summed E-state index contributed by atoms with van der Waals surface area (Å²) in [6.45, 7) is -0.0276. The summed E-state index contributed by atoms with van der Waals surface area (Å²) < 4.78 is 5.47. The normalized spacial score (nSPS) is 18.5. The minimum absolute atomic E-state index is 0.0267. The zero-order chi connectivity index (χ0) is 21.3. The summed E-state index contributed by atoms with van der Waals surface area (Å²) in [5.74, 6) is 0.869. The molecule has 0 spiro atoms. The summed E-state index contributed by atoms with van der Waals surface area (Å²) in [5.41, 5.74) is 0. The van der Waals surface area contributed by atoms with E-state index in [1.54, 1.807) is 24.3 Å². The van der Waals surface area contributed by atoms with Crippen LogP contribution in [0.5, 0.6) is 5.75 Å². The molecule has 2 aromatic carbocycles. The van der Waals surface area contributed by atoms with E-state index in [1.807, 2.05) is 24.3 Å². The summed E-state index contributed by atoms with van der Waals surface area (Å²) in [6.07, 6.45) is 3.37. The molecule has 0 unspecified atom stereocenters. The largest absolute Gasteiger partial charge is 0.484 e. The maximum atomic E-state index is 12.2. The molecule has 30 heavy (non-hydrogen) atoms. The van der Waals surface area contributed by atoms with Gasteiger partial charge in [-0.05, 0) is 74.2 Å². The van der Waals surface area contributed by atoms with Crippen molar-refractivity contribution in [3.8, 4) is 5.75 Å². The first-order valence-corrected chi connectivity index (χ1v) is 11.6. The van der Waals surface area contributed by atoms with Crippen LogP contribution in [0.25, 0.3) is 0 Å². The quantitative estimate of drug-likeness (QED) is 0.552. The SMILES string of the molecule is O=C(COc1ccc(Cl)cc1)NC1CCC(NC(=O)CSc2ccc(Cl)cc2)CC1. The molecular weight excluding hydrogens is 443 g/mol. The van der Waals surface area contributed by atoms with E-state index in [0.29, 0.717) is 21.5 Å². The van der Waals surface area contributed by atoms with Gasteiger partial charge >= 0.3 is 0 Å². The molecular formula is C22H24Cl2N2O3S. The molecule has 0 bridgehead atoms. The highest BCUT2D eigenvalue weighted by Crippen LogP contribution is 2.22. The van der Waals surface area contributed by atoms with Gasteiger partial charge in [-0.15, -0.1) is 11.8 Å². The van der Waals surface area contributed by atoms with Gasteiger partial charge in [-0.3, -0.25) is 9.59 Å². The average Bonchev–Trinajstić information content (AvgIpc) is 2.74. The van der Waals surface area contributed by atoms with Crippen molar-refractivity contribution < 1.29 is 14.3 Å². The second-order valence-electron chi connectivity index (χ2n) is 7.17. The Bertz CT molecular complexity index is 767. The zero-order valence-electron chi connectivity index (χ0n) is 16.4. The molecule has 0 heterocycles. The van der Waals surface area contributed by atoms with Crippen molar-refractivity contribution in [1.82, 2.24) is 10.6 Å². The first-order chi connectivity index (χ1) is 14.5. The molecule has 2 N–H and O–H groups in total. The van der Waals surface area contributed by atoms with Gasteiger partial charge in [0.05, 0.1) is 5.75 Å². The van der Waals surface area contributed by atoms with Gasteiger partial charge in [0.25, 0.3) is 5.91 Å². The molecule has 5 nitrogen and oxygen atoms in total. The standard InChI is InChI=1S/C22H24Cl2N2O3S/c23-15-1-9-19(10-2-15)29-13-21(27)25-17-5-7-18(8-6-17)26-22(28)14-30-20-11-3-16(24)4-12-20/h1-4,9-12,17-18H,5-8,13-14H2,(H,25,27)(H,26,28). The van der Waals surface area contributed by atoms with Gasteiger partial charge in [-0.25, -0.2) is 0 Å². The third kappa shape index (κ3) is 7.74. The molecule has 1 aliphatic rings. The van der Waals surface area contributed by atoms with Crippen LogP contribution in [0.15, 0.2) is 53.4 Å². The average molecular weight is 467 g/mol. The van der Waals surface area contributed by atoms with Crippen LogP contribution in [-0.4, -0.2) is 36.3 Å². The Balaban J connectivity index is 1.31. The van der Waals surface area contributed by atoms with Crippen LogP contribution < -0.4 is 15.4 Å². The van der Waals surface area contributed by atoms with Crippen LogP contribution in [0.4, 0.5) is 0 Å². The number of thioether (sulfide) groups is 1. The lowest BCUT2D eigenvalue weighted by Crippen LogP contribution is -2.45. The first-order valence-electron chi connectivity index (χ1n) is 9.83. The van der Waals surface area contributed by atoms with E-state index in [4.69, 9.17) is 27.9 Å². The highest BCUT2D eigenvalue weighted by Gasteiger charge is 2.23. The number of ether oxygens (including phenoxy) is 1. The van der Waals surface area contributed by atoms with Crippen molar-refractivity contribution in [3.63, 3.8) is 0 Å². The molecule has 0 radical (unpaired) electrons. The van der Waals surface area contributed by atoms with E-state index in [-0.39, 0.29) is 30.5 Å². The predicted molar refractivity (Wildman–Crippen MR) is 121 cm³/mol. The molecule has 0 saturated heterocycles. The lowest BCUT2D eigenvalue weighted by molar-refractivity contribution is -0.124. The number of halogens is 2. The van der Waals surface area contributed by atoms with Crippen LogP contribution in [-0.2, 0) is 9.59 Å². The number of carbonyl (C=O) groups is 2. The fourth-order valence-electron chi connectivity index (χ4n) is 3.28. The van der Waals surface area contributed by atoms with Crippen LogP contribution >= 0.6 is 35.0 Å². The number of hydrogen-bond acceptors (Lipinski definition) is 4. The minimum atomic E-state index is -0.142. The fraction of sp³-hybridized carbons (Fsp3) is 0.364. The number of benzene rings is 2. The summed E-state index contributed by atoms with van der Waals surface area (Å²) in [6, 6.07) is 14.6. The number of carbonyl (C=O) groups excluding carboxylic acids is 2. The van der Waals surface area contributed by atoms with E-state index in [9.17, 15) is 9.59 Å². The van der Waals surface area contributed by atoms with Gasteiger partial charge in [-0.2, -0.15) is 0 Å². The van der Waals surface area contributed by atoms with Gasteiger partial charge in [0.1, 0.15) is 5.75 Å². The Morgan fingerprint density at radius 2 is 1.33 bits per heavy atom. The molecule has 0 aliphatic heterocycles. The summed E-state index contributed by atoms with van der Waals surface area (Å²) in [4.78, 5) is 25.3. The summed E-state index contributed by atoms with van der Waals surface area (Å²) in [7, 11) is 0. The topological polar surface area (TPSA) is 67.4 Å². The van der Waals surface area contributed by atoms with E-state index >= 15 is 0 Å². The second kappa shape index (κ2) is 11.5. The van der Waals surface area contributed by atoms with Crippen molar-refractivity contribution >= 4 is 46.8 Å². The maximum absolute atomic E-state index is 12.2. The monoisotopic (exact) mass is 466 g/mol. The van der Waals surface area contributed by atoms with Crippen molar-refractivity contribution in [2.75, 3.05) is 12.4 Å². The Morgan fingerprint density at radius 3 is 1.90 bits per heavy atom. The van der Waals surface area contributed by atoms with Crippen LogP contribution in [0.2, 0.25) is 10.0 Å². The van der Waals surface area contributed by atoms with Crippen LogP contribution in [0.1, 0.15) is 25.7 Å². The number of amides is 2. The van der Waals surface area contributed by atoms with Crippen molar-refractivity contribution in [2.24, 2.45) is 0 Å². The molecule has 1 saturated carbocycles. The molecule has 1 aliphatic carbocycles. The van der Waals surface area contributed by atoms with E-state index < -0.39 is 0 Å². The Hall–Kier alpha value is -1.89. The smallest absolute Gasteiger partial charge is 0.258 e. The van der Waals surface area contributed by atoms with Gasteiger partial charge in [-0.1, -0.05) is 23.2 Å². The van der Waals surface area contributed by atoms with Crippen molar-refractivity contribution in [3.05, 3.63) is 58.6 Å². The first kappa shape index (κ1) is 22.8. The Morgan fingerprint density at radius 1 is 0.833 bits per heavy atom. The zero-order valence-corrected chi connectivity index (χ0v) is 18.7. The lowest BCUT2D eigenvalue weighted by Gasteiger charge is -2.29. The molecule has 2 aromatic rings. The molecule has 0 atom stereocenters. The van der Waals surface area contributed by atoms with Gasteiger partial charge in [0, 0.05) is 27.0 Å². The van der Waals surface area contributed by atoms with E-state index in [1.165, 1.54) is 11.8 Å². The molecule has 1 fully saturated rings.